The monoisotopic (exact) mass is 360 g/mol. The van der Waals surface area contributed by atoms with Crippen molar-refractivity contribution in [3.63, 3.8) is 0 Å². The highest BCUT2D eigenvalue weighted by atomic mass is 31.2. The molecule has 0 atom stereocenters. The van der Waals surface area contributed by atoms with Gasteiger partial charge in [0.05, 0.1) is 6.61 Å². The van der Waals surface area contributed by atoms with Crippen LogP contribution in [0.15, 0.2) is 60.7 Å². The summed E-state index contributed by atoms with van der Waals surface area (Å²) in [6, 6.07) is 21.6. The number of rotatable bonds is 12. The van der Waals surface area contributed by atoms with E-state index in [1.165, 1.54) is 43.2 Å². The maximum absolute atomic E-state index is 8.66. The van der Waals surface area contributed by atoms with Crippen molar-refractivity contribution in [3.05, 3.63) is 71.8 Å². The van der Waals surface area contributed by atoms with Crippen LogP contribution in [0.4, 0.5) is 0 Å². The minimum Gasteiger partial charge on any atom is -0.328 e. The summed E-state index contributed by atoms with van der Waals surface area (Å²) in [6.45, 7) is 0.447. The third kappa shape index (κ3) is 8.11. The predicted octanol–water partition coefficient (Wildman–Crippen LogP) is 5.78. The standard InChI is InChI=1S/C21H29O3P/c22-25(23)24-18-12-4-2-1-3-11-17-21(19-13-7-5-8-14-19)20-15-9-6-10-16-20/h5-10,13-16,21-23H,1-4,11-12,17-18H2. The second-order valence-corrected chi connectivity index (χ2v) is 7.13. The van der Waals surface area contributed by atoms with E-state index in [0.29, 0.717) is 12.5 Å². The van der Waals surface area contributed by atoms with Crippen molar-refractivity contribution in [1.29, 1.82) is 0 Å². The van der Waals surface area contributed by atoms with Crippen LogP contribution in [0.2, 0.25) is 0 Å². The van der Waals surface area contributed by atoms with Crippen LogP contribution in [0, 0.1) is 0 Å². The summed E-state index contributed by atoms with van der Waals surface area (Å²) < 4.78 is 4.77. The molecule has 0 saturated carbocycles. The van der Waals surface area contributed by atoms with Gasteiger partial charge in [-0.05, 0) is 24.0 Å². The molecule has 2 rings (SSSR count). The molecule has 0 aliphatic heterocycles. The van der Waals surface area contributed by atoms with Crippen LogP contribution in [0.1, 0.15) is 62.0 Å². The maximum atomic E-state index is 8.66. The fraction of sp³-hybridized carbons (Fsp3) is 0.429. The lowest BCUT2D eigenvalue weighted by Crippen LogP contribution is -2.01. The van der Waals surface area contributed by atoms with E-state index in [9.17, 15) is 0 Å². The molecule has 136 valence electrons. The first-order valence-corrected chi connectivity index (χ1v) is 10.3. The Morgan fingerprint density at radius 2 is 1.16 bits per heavy atom. The Balaban J connectivity index is 1.71. The molecule has 0 heterocycles. The lowest BCUT2D eigenvalue weighted by Gasteiger charge is -2.18. The Morgan fingerprint density at radius 3 is 1.68 bits per heavy atom. The largest absolute Gasteiger partial charge is 0.328 e. The molecule has 0 aromatic heterocycles. The van der Waals surface area contributed by atoms with Gasteiger partial charge in [-0.25, -0.2) is 0 Å². The quantitative estimate of drug-likeness (QED) is 0.373. The summed E-state index contributed by atoms with van der Waals surface area (Å²) in [5, 5.41) is 0. The van der Waals surface area contributed by atoms with Crippen LogP contribution in [0.25, 0.3) is 0 Å². The van der Waals surface area contributed by atoms with Crippen molar-refractivity contribution in [2.45, 2.75) is 50.9 Å². The molecule has 0 aliphatic rings. The van der Waals surface area contributed by atoms with E-state index in [4.69, 9.17) is 14.3 Å². The van der Waals surface area contributed by atoms with E-state index in [0.717, 1.165) is 12.8 Å². The second-order valence-electron chi connectivity index (χ2n) is 6.37. The van der Waals surface area contributed by atoms with Gasteiger partial charge < -0.3 is 14.3 Å². The zero-order valence-corrected chi connectivity index (χ0v) is 15.7. The molecule has 0 bridgehead atoms. The lowest BCUT2D eigenvalue weighted by molar-refractivity contribution is 0.248. The zero-order chi connectivity index (χ0) is 17.7. The summed E-state index contributed by atoms with van der Waals surface area (Å²) >= 11 is 0. The van der Waals surface area contributed by atoms with Crippen LogP contribution in [-0.2, 0) is 4.52 Å². The van der Waals surface area contributed by atoms with Gasteiger partial charge in [-0.15, -0.1) is 0 Å². The first-order valence-electron chi connectivity index (χ1n) is 9.18. The molecule has 3 nitrogen and oxygen atoms in total. The van der Waals surface area contributed by atoms with Crippen molar-refractivity contribution >= 4 is 8.60 Å². The van der Waals surface area contributed by atoms with Gasteiger partial charge in [0.1, 0.15) is 0 Å². The normalized spacial score (nSPS) is 11.4. The zero-order valence-electron chi connectivity index (χ0n) is 14.8. The fourth-order valence-electron chi connectivity index (χ4n) is 3.20. The Labute approximate surface area is 152 Å². The van der Waals surface area contributed by atoms with E-state index in [1.54, 1.807) is 0 Å². The molecule has 0 amide bonds. The van der Waals surface area contributed by atoms with E-state index in [2.05, 4.69) is 60.7 Å². The van der Waals surface area contributed by atoms with Crippen LogP contribution >= 0.6 is 8.60 Å². The molecule has 0 saturated heterocycles. The van der Waals surface area contributed by atoms with E-state index < -0.39 is 8.60 Å². The lowest BCUT2D eigenvalue weighted by atomic mass is 9.87. The van der Waals surface area contributed by atoms with Gasteiger partial charge in [0.2, 0.25) is 0 Å². The number of benzene rings is 2. The smallest absolute Gasteiger partial charge is 0.327 e. The highest BCUT2D eigenvalue weighted by Gasteiger charge is 2.13. The minimum atomic E-state index is -2.18. The number of unbranched alkanes of at least 4 members (excludes halogenated alkanes) is 5. The summed E-state index contributed by atoms with van der Waals surface area (Å²) in [4.78, 5) is 17.3. The van der Waals surface area contributed by atoms with Gasteiger partial charge in [0.15, 0.2) is 0 Å². The van der Waals surface area contributed by atoms with Crippen molar-refractivity contribution < 1.29 is 14.3 Å². The van der Waals surface area contributed by atoms with Crippen molar-refractivity contribution in [2.75, 3.05) is 6.61 Å². The Kier molecular flexibility index (Phi) is 9.76. The van der Waals surface area contributed by atoms with Crippen LogP contribution in [0.3, 0.4) is 0 Å². The molecule has 2 aromatic rings. The molecule has 25 heavy (non-hydrogen) atoms. The highest BCUT2D eigenvalue weighted by molar-refractivity contribution is 7.39. The van der Waals surface area contributed by atoms with Crippen LogP contribution in [0.5, 0.6) is 0 Å². The molecule has 0 radical (unpaired) electrons. The third-order valence-electron chi connectivity index (χ3n) is 4.50. The third-order valence-corrected chi connectivity index (χ3v) is 4.91. The van der Waals surface area contributed by atoms with E-state index in [1.807, 2.05) is 0 Å². The first kappa shape index (κ1) is 20.1. The SMILES string of the molecule is OP(O)OCCCCCCCCC(c1ccccc1)c1ccccc1. The summed E-state index contributed by atoms with van der Waals surface area (Å²) in [7, 11) is -2.18. The molecule has 2 N–H and O–H groups in total. The predicted molar refractivity (Wildman–Crippen MR) is 104 cm³/mol. The molecule has 0 unspecified atom stereocenters. The van der Waals surface area contributed by atoms with Crippen LogP contribution < -0.4 is 0 Å². The van der Waals surface area contributed by atoms with E-state index >= 15 is 0 Å². The number of hydrogen-bond donors (Lipinski definition) is 2. The van der Waals surface area contributed by atoms with Gasteiger partial charge in [-0.3, -0.25) is 0 Å². The van der Waals surface area contributed by atoms with Crippen LogP contribution in [-0.4, -0.2) is 16.4 Å². The molecule has 2 aromatic carbocycles. The van der Waals surface area contributed by atoms with Gasteiger partial charge in [0, 0.05) is 5.92 Å². The van der Waals surface area contributed by atoms with Gasteiger partial charge >= 0.3 is 8.60 Å². The second kappa shape index (κ2) is 12.2. The molecule has 0 aliphatic carbocycles. The van der Waals surface area contributed by atoms with Gasteiger partial charge in [0.25, 0.3) is 0 Å². The molecular formula is C21H29O3P. The van der Waals surface area contributed by atoms with E-state index in [-0.39, 0.29) is 0 Å². The molecular weight excluding hydrogens is 331 g/mol. The summed E-state index contributed by atoms with van der Waals surface area (Å²) in [6.07, 6.45) is 8.03. The Morgan fingerprint density at radius 1 is 0.680 bits per heavy atom. The average molecular weight is 360 g/mol. The first-order chi connectivity index (χ1) is 12.3. The number of hydrogen-bond acceptors (Lipinski definition) is 3. The van der Waals surface area contributed by atoms with Crippen molar-refractivity contribution in [3.8, 4) is 0 Å². The summed E-state index contributed by atoms with van der Waals surface area (Å²) in [5.74, 6) is 0.476. The van der Waals surface area contributed by atoms with Crippen molar-refractivity contribution in [1.82, 2.24) is 0 Å². The van der Waals surface area contributed by atoms with Crippen molar-refractivity contribution in [2.24, 2.45) is 0 Å². The Hall–Kier alpha value is -1.25. The fourth-order valence-corrected chi connectivity index (χ4v) is 3.49. The molecule has 0 spiro atoms. The summed E-state index contributed by atoms with van der Waals surface area (Å²) in [5.41, 5.74) is 2.80. The Bertz CT molecular complexity index is 520. The van der Waals surface area contributed by atoms with Gasteiger partial charge in [-0.2, -0.15) is 0 Å². The molecule has 0 fully saturated rings. The molecule has 4 heteroatoms. The average Bonchev–Trinajstić information content (AvgIpc) is 2.64. The topological polar surface area (TPSA) is 49.7 Å². The maximum Gasteiger partial charge on any atom is 0.327 e. The minimum absolute atomic E-state index is 0.447. The van der Waals surface area contributed by atoms with Gasteiger partial charge in [-0.1, -0.05) is 92.8 Å². The highest BCUT2D eigenvalue weighted by Crippen LogP contribution is 2.30.